The standard InChI is InChI=1S/3C8H12O3S.Al/c3*1-7-5-3-4-6-8(7,2)12(9,10)11;/h3*3-7H,1-2H3,(H,9,10,11);/q;;;+3/p-3. The summed E-state index contributed by atoms with van der Waals surface area (Å²) >= 11 is -4.47. The van der Waals surface area contributed by atoms with Gasteiger partial charge >= 0.3 is 15.1 Å². The van der Waals surface area contributed by atoms with E-state index in [9.17, 15) is 25.3 Å². The summed E-state index contributed by atoms with van der Waals surface area (Å²) in [6.45, 7) is 9.15. The van der Waals surface area contributed by atoms with Crippen LogP contribution in [0, 0.1) is 17.8 Å². The minimum Gasteiger partial charge on any atom is -0.341 e. The van der Waals surface area contributed by atoms with Crippen molar-refractivity contribution in [2.75, 3.05) is 0 Å². The van der Waals surface area contributed by atoms with Crippen LogP contribution in [0.25, 0.3) is 0 Å². The van der Waals surface area contributed by atoms with Crippen LogP contribution in [0.2, 0.25) is 0 Å². The van der Waals surface area contributed by atoms with Crippen molar-refractivity contribution in [3.05, 3.63) is 72.9 Å². The predicted octanol–water partition coefficient (Wildman–Crippen LogP) is 3.57. The Hall–Kier alpha value is -1.30. The summed E-state index contributed by atoms with van der Waals surface area (Å²) in [5.41, 5.74) is 0. The van der Waals surface area contributed by atoms with Crippen molar-refractivity contribution in [2.24, 2.45) is 17.8 Å². The van der Waals surface area contributed by atoms with Gasteiger partial charge in [-0.2, -0.15) is 0 Å². The van der Waals surface area contributed by atoms with E-state index in [1.807, 2.05) is 0 Å². The molecule has 0 spiro atoms. The molecule has 0 amide bonds. The fourth-order valence-corrected chi connectivity index (χ4v) is 12.6. The third kappa shape index (κ3) is 5.43. The van der Waals surface area contributed by atoms with Crippen LogP contribution in [0.3, 0.4) is 0 Å². The van der Waals surface area contributed by atoms with Crippen molar-refractivity contribution >= 4 is 45.5 Å². The molecule has 13 heteroatoms. The number of hydrogen-bond donors (Lipinski definition) is 0. The first-order valence-electron chi connectivity index (χ1n) is 11.8. The fourth-order valence-electron chi connectivity index (χ4n) is 4.06. The molecule has 6 atom stereocenters. The SMILES string of the molecule is CC1C=CC=CC1(C)S(=O)(=O)[O][Al]([O]S(=O)(=O)C1(C)C=CC=CC1C)[O]S(=O)(=O)C1(C)C=CC=CC1C. The first-order valence-corrected chi connectivity index (χ1v) is 17.4. The topological polar surface area (TPSA) is 130 Å². The van der Waals surface area contributed by atoms with Crippen LogP contribution in [0.15, 0.2) is 72.9 Å². The highest BCUT2D eigenvalue weighted by Crippen LogP contribution is 2.38. The Morgan fingerprint density at radius 3 is 0.973 bits per heavy atom. The minimum absolute atomic E-state index is 0.557. The summed E-state index contributed by atoms with van der Waals surface area (Å²) in [4.78, 5) is 0. The lowest BCUT2D eigenvalue weighted by Gasteiger charge is -2.36. The first kappa shape index (κ1) is 30.2. The van der Waals surface area contributed by atoms with Crippen LogP contribution >= 0.6 is 0 Å². The lowest BCUT2D eigenvalue weighted by Crippen LogP contribution is -2.51. The van der Waals surface area contributed by atoms with E-state index in [0.717, 1.165) is 0 Å². The van der Waals surface area contributed by atoms with Crippen molar-refractivity contribution < 1.29 is 35.0 Å². The monoisotopic (exact) mass is 588 g/mol. The maximum atomic E-state index is 13.5. The molecule has 3 aliphatic carbocycles. The van der Waals surface area contributed by atoms with Crippen molar-refractivity contribution in [1.29, 1.82) is 0 Å². The second-order valence-electron chi connectivity index (χ2n) is 10.1. The molecular formula is C24H33AlO9S3. The van der Waals surface area contributed by atoms with Crippen LogP contribution in [-0.2, 0) is 40.1 Å². The summed E-state index contributed by atoms with van der Waals surface area (Å²) < 4.78 is 91.9. The Morgan fingerprint density at radius 1 is 0.514 bits per heavy atom. The van der Waals surface area contributed by atoms with Crippen molar-refractivity contribution in [2.45, 2.75) is 55.8 Å². The van der Waals surface area contributed by atoms with E-state index >= 15 is 0 Å². The number of rotatable bonds is 9. The van der Waals surface area contributed by atoms with E-state index in [1.165, 1.54) is 57.2 Å². The summed E-state index contributed by atoms with van der Waals surface area (Å²) in [5, 5.41) is 0. The molecule has 0 radical (unpaired) electrons. The highest BCUT2D eigenvalue weighted by atomic mass is 32.2. The molecule has 0 aliphatic heterocycles. The minimum atomic E-state index is -4.62. The molecule has 0 aromatic carbocycles. The Bertz CT molecular complexity index is 1240. The van der Waals surface area contributed by atoms with Gasteiger partial charge in [-0.25, -0.2) is 25.3 Å². The van der Waals surface area contributed by atoms with Gasteiger partial charge in [0.15, 0.2) is 0 Å². The number of allylic oxidation sites excluding steroid dienone is 9. The van der Waals surface area contributed by atoms with Gasteiger partial charge < -0.3 is 9.70 Å². The van der Waals surface area contributed by atoms with Gasteiger partial charge in [0, 0.05) is 0 Å². The summed E-state index contributed by atoms with van der Waals surface area (Å²) in [6.07, 6.45) is 18.7. The van der Waals surface area contributed by atoms with Gasteiger partial charge in [0.25, 0.3) is 30.4 Å². The van der Waals surface area contributed by atoms with E-state index in [2.05, 4.69) is 0 Å². The van der Waals surface area contributed by atoms with Crippen molar-refractivity contribution in [3.63, 3.8) is 0 Å². The first-order chi connectivity index (χ1) is 16.9. The van der Waals surface area contributed by atoms with Crippen LogP contribution in [0.4, 0.5) is 0 Å². The van der Waals surface area contributed by atoms with Gasteiger partial charge in [-0.15, -0.1) is 0 Å². The second kappa shape index (κ2) is 10.4. The summed E-state index contributed by atoms with van der Waals surface area (Å²) in [7, 11) is -13.9. The smallest absolute Gasteiger partial charge is 0.341 e. The zero-order valence-corrected chi connectivity index (χ0v) is 25.2. The summed E-state index contributed by atoms with van der Waals surface area (Å²) in [5.74, 6) is -1.67. The Morgan fingerprint density at radius 2 is 0.757 bits per heavy atom. The molecule has 3 aliphatic rings. The Labute approximate surface area is 226 Å². The van der Waals surface area contributed by atoms with Crippen molar-refractivity contribution in [3.8, 4) is 0 Å². The van der Waals surface area contributed by atoms with Crippen molar-refractivity contribution in [1.82, 2.24) is 0 Å². The lowest BCUT2D eigenvalue weighted by molar-refractivity contribution is 0.289. The zero-order valence-electron chi connectivity index (χ0n) is 21.6. The van der Waals surface area contributed by atoms with Crippen LogP contribution < -0.4 is 0 Å². The normalized spacial score (nSPS) is 35.7. The lowest BCUT2D eigenvalue weighted by atomic mass is 9.91. The van der Waals surface area contributed by atoms with Gasteiger partial charge in [0.1, 0.15) is 14.2 Å². The van der Waals surface area contributed by atoms with Gasteiger partial charge in [-0.05, 0) is 38.5 Å². The largest absolute Gasteiger partial charge is 0.951 e. The third-order valence-electron chi connectivity index (χ3n) is 7.76. The third-order valence-corrected chi connectivity index (χ3v) is 17.4. The van der Waals surface area contributed by atoms with Gasteiger partial charge in [0.2, 0.25) is 0 Å². The molecule has 3 rings (SSSR count). The molecule has 0 N–H and O–H groups in total. The predicted molar refractivity (Wildman–Crippen MR) is 143 cm³/mol. The van der Waals surface area contributed by atoms with Crippen LogP contribution in [0.5, 0.6) is 0 Å². The Kier molecular flexibility index (Phi) is 8.46. The van der Waals surface area contributed by atoms with Crippen LogP contribution in [-0.4, -0.2) is 54.6 Å². The molecule has 0 aromatic rings. The van der Waals surface area contributed by atoms with E-state index in [0.29, 0.717) is 0 Å². The molecule has 9 nitrogen and oxygen atoms in total. The maximum Gasteiger partial charge on any atom is 0.951 e. The second-order valence-corrected chi connectivity index (χ2v) is 18.3. The molecule has 204 valence electrons. The molecule has 0 saturated carbocycles. The zero-order chi connectivity index (χ0) is 27.9. The molecule has 0 fully saturated rings. The van der Waals surface area contributed by atoms with Gasteiger partial charge in [-0.3, -0.25) is 0 Å². The molecule has 6 unspecified atom stereocenters. The maximum absolute atomic E-state index is 13.5. The average molecular weight is 589 g/mol. The Balaban J connectivity index is 2.04. The quantitative estimate of drug-likeness (QED) is 0.371. The molecule has 0 aromatic heterocycles. The molecule has 0 saturated heterocycles. The van der Waals surface area contributed by atoms with E-state index in [-0.39, 0.29) is 0 Å². The molecular weight excluding hydrogens is 555 g/mol. The average Bonchev–Trinajstić information content (AvgIpc) is 2.78. The highest BCUT2D eigenvalue weighted by Gasteiger charge is 2.57. The van der Waals surface area contributed by atoms with Gasteiger partial charge in [0.05, 0.1) is 0 Å². The fraction of sp³-hybridized carbons (Fsp3) is 0.500. The van der Waals surface area contributed by atoms with E-state index < -0.39 is 77.5 Å². The van der Waals surface area contributed by atoms with E-state index in [4.69, 9.17) is 9.70 Å². The summed E-state index contributed by atoms with van der Waals surface area (Å²) in [6, 6.07) is 0. The molecule has 0 heterocycles. The highest BCUT2D eigenvalue weighted by molar-refractivity contribution is 7.92. The van der Waals surface area contributed by atoms with Gasteiger partial charge in [-0.1, -0.05) is 93.7 Å². The number of hydrogen-bond acceptors (Lipinski definition) is 9. The molecule has 37 heavy (non-hydrogen) atoms. The van der Waals surface area contributed by atoms with Crippen LogP contribution in [0.1, 0.15) is 41.5 Å². The van der Waals surface area contributed by atoms with E-state index in [1.54, 1.807) is 57.2 Å². The molecule has 0 bridgehead atoms.